The molecule has 2 aromatic carbocycles. The number of benzene rings is 2. The number of ether oxygens (including phenoxy) is 1. The molecule has 0 aliphatic carbocycles. The van der Waals surface area contributed by atoms with E-state index in [0.717, 1.165) is 30.3 Å². The Labute approximate surface area is 116 Å². The van der Waals surface area contributed by atoms with Crippen LogP contribution in [0.25, 0.3) is 0 Å². The molecule has 0 spiro atoms. The van der Waals surface area contributed by atoms with E-state index < -0.39 is 39.7 Å². The highest BCUT2D eigenvalue weighted by atomic mass is 19.1. The molecule has 0 atom stereocenters. The molecular formula is C13H7F2NO5. The summed E-state index contributed by atoms with van der Waals surface area (Å²) in [6.45, 7) is 0. The van der Waals surface area contributed by atoms with Crippen molar-refractivity contribution >= 4 is 11.7 Å². The number of aromatic carboxylic acids is 1. The summed E-state index contributed by atoms with van der Waals surface area (Å²) in [6, 6.07) is 5.24. The van der Waals surface area contributed by atoms with E-state index in [-0.39, 0.29) is 5.56 Å². The van der Waals surface area contributed by atoms with Crippen molar-refractivity contribution in [3.05, 3.63) is 63.7 Å². The Balaban J connectivity index is 2.40. The molecule has 6 nitrogen and oxygen atoms in total. The number of nitrogens with zero attached hydrogens (tertiary/aromatic N) is 1. The summed E-state index contributed by atoms with van der Waals surface area (Å²) in [6.07, 6.45) is 0. The number of nitro benzene ring substituents is 1. The number of carboxylic acids is 1. The molecule has 0 aliphatic heterocycles. The molecule has 0 radical (unpaired) electrons. The number of carbonyl (C=O) groups is 1. The van der Waals surface area contributed by atoms with Gasteiger partial charge in [-0.25, -0.2) is 13.6 Å². The van der Waals surface area contributed by atoms with Crippen molar-refractivity contribution in [1.29, 1.82) is 0 Å². The lowest BCUT2D eigenvalue weighted by Gasteiger charge is -2.09. The molecule has 2 rings (SSSR count). The van der Waals surface area contributed by atoms with Crippen molar-refractivity contribution in [1.82, 2.24) is 0 Å². The summed E-state index contributed by atoms with van der Waals surface area (Å²) in [5, 5.41) is 19.4. The number of non-ortho nitro benzene ring substituents is 1. The third-order valence-electron chi connectivity index (χ3n) is 2.52. The maximum atomic E-state index is 13.7. The van der Waals surface area contributed by atoms with Gasteiger partial charge in [0.05, 0.1) is 11.0 Å². The maximum absolute atomic E-state index is 13.7. The fourth-order valence-corrected chi connectivity index (χ4v) is 1.56. The standard InChI is InChI=1S/C13H7F2NO5/c14-7-1-3-9(13(17)18)12(5-7)21-11-4-2-8(16(19)20)6-10(11)15/h1-6H,(H,17,18). The van der Waals surface area contributed by atoms with Gasteiger partial charge in [0.15, 0.2) is 11.6 Å². The van der Waals surface area contributed by atoms with Crippen LogP contribution < -0.4 is 4.74 Å². The fourth-order valence-electron chi connectivity index (χ4n) is 1.56. The fraction of sp³-hybridized carbons (Fsp3) is 0. The van der Waals surface area contributed by atoms with Gasteiger partial charge in [0.2, 0.25) is 0 Å². The number of halogens is 2. The zero-order chi connectivity index (χ0) is 15.6. The van der Waals surface area contributed by atoms with Crippen LogP contribution in [-0.2, 0) is 0 Å². The first-order chi connectivity index (χ1) is 9.88. The minimum Gasteiger partial charge on any atom is -0.478 e. The molecule has 0 saturated heterocycles. The minimum absolute atomic E-state index is 0.367. The van der Waals surface area contributed by atoms with Crippen LogP contribution in [0.1, 0.15) is 10.4 Å². The van der Waals surface area contributed by atoms with Gasteiger partial charge in [0.25, 0.3) is 5.69 Å². The second kappa shape index (κ2) is 5.53. The molecule has 2 aromatic rings. The molecule has 21 heavy (non-hydrogen) atoms. The van der Waals surface area contributed by atoms with Crippen molar-refractivity contribution in [3.63, 3.8) is 0 Å². The van der Waals surface area contributed by atoms with Crippen LogP contribution in [0, 0.1) is 21.7 Å². The first kappa shape index (κ1) is 14.4. The number of rotatable bonds is 4. The Morgan fingerprint density at radius 1 is 1.14 bits per heavy atom. The summed E-state index contributed by atoms with van der Waals surface area (Å²) < 4.78 is 31.8. The van der Waals surface area contributed by atoms with Gasteiger partial charge >= 0.3 is 5.97 Å². The molecule has 0 unspecified atom stereocenters. The van der Waals surface area contributed by atoms with Crippen LogP contribution in [0.3, 0.4) is 0 Å². The number of nitro groups is 1. The third kappa shape index (κ3) is 3.11. The lowest BCUT2D eigenvalue weighted by atomic mass is 10.2. The van der Waals surface area contributed by atoms with E-state index in [2.05, 4.69) is 0 Å². The van der Waals surface area contributed by atoms with Gasteiger partial charge in [-0.1, -0.05) is 0 Å². The molecule has 0 amide bonds. The molecular weight excluding hydrogens is 288 g/mol. The number of hydrogen-bond donors (Lipinski definition) is 1. The highest BCUT2D eigenvalue weighted by molar-refractivity contribution is 5.90. The van der Waals surface area contributed by atoms with E-state index in [0.29, 0.717) is 6.07 Å². The SMILES string of the molecule is O=C(O)c1ccc(F)cc1Oc1ccc([N+](=O)[O-])cc1F. The van der Waals surface area contributed by atoms with Crippen molar-refractivity contribution in [2.75, 3.05) is 0 Å². The molecule has 108 valence electrons. The van der Waals surface area contributed by atoms with Crippen molar-refractivity contribution in [3.8, 4) is 11.5 Å². The Hall–Kier alpha value is -3.03. The monoisotopic (exact) mass is 295 g/mol. The summed E-state index contributed by atoms with van der Waals surface area (Å²) in [7, 11) is 0. The van der Waals surface area contributed by atoms with Crippen LogP contribution in [0.4, 0.5) is 14.5 Å². The van der Waals surface area contributed by atoms with Crippen LogP contribution in [-0.4, -0.2) is 16.0 Å². The van der Waals surface area contributed by atoms with E-state index in [9.17, 15) is 23.7 Å². The zero-order valence-electron chi connectivity index (χ0n) is 10.2. The van der Waals surface area contributed by atoms with Crippen LogP contribution in [0.5, 0.6) is 11.5 Å². The maximum Gasteiger partial charge on any atom is 0.339 e. The minimum atomic E-state index is -1.38. The Morgan fingerprint density at radius 2 is 1.86 bits per heavy atom. The first-order valence-corrected chi connectivity index (χ1v) is 5.53. The molecule has 0 aromatic heterocycles. The van der Waals surface area contributed by atoms with E-state index in [4.69, 9.17) is 9.84 Å². The average molecular weight is 295 g/mol. The van der Waals surface area contributed by atoms with E-state index in [1.54, 1.807) is 0 Å². The van der Waals surface area contributed by atoms with Crippen molar-refractivity contribution in [2.24, 2.45) is 0 Å². The lowest BCUT2D eigenvalue weighted by molar-refractivity contribution is -0.385. The highest BCUT2D eigenvalue weighted by Crippen LogP contribution is 2.30. The number of hydrogen-bond acceptors (Lipinski definition) is 4. The van der Waals surface area contributed by atoms with Crippen LogP contribution >= 0.6 is 0 Å². The topological polar surface area (TPSA) is 89.7 Å². The van der Waals surface area contributed by atoms with Gasteiger partial charge in [0.1, 0.15) is 17.1 Å². The summed E-state index contributed by atoms with van der Waals surface area (Å²) in [4.78, 5) is 20.7. The van der Waals surface area contributed by atoms with E-state index in [1.165, 1.54) is 0 Å². The smallest absolute Gasteiger partial charge is 0.339 e. The quantitative estimate of drug-likeness (QED) is 0.690. The lowest BCUT2D eigenvalue weighted by Crippen LogP contribution is -2.01. The van der Waals surface area contributed by atoms with Gasteiger partial charge < -0.3 is 9.84 Å². The summed E-state index contributed by atoms with van der Waals surface area (Å²) in [5.41, 5.74) is -0.855. The van der Waals surface area contributed by atoms with E-state index >= 15 is 0 Å². The third-order valence-corrected chi connectivity index (χ3v) is 2.52. The Morgan fingerprint density at radius 3 is 2.43 bits per heavy atom. The predicted molar refractivity (Wildman–Crippen MR) is 66.5 cm³/mol. The molecule has 0 heterocycles. The van der Waals surface area contributed by atoms with Gasteiger partial charge in [0, 0.05) is 12.1 Å². The first-order valence-electron chi connectivity index (χ1n) is 5.53. The van der Waals surface area contributed by atoms with Crippen molar-refractivity contribution in [2.45, 2.75) is 0 Å². The predicted octanol–water partition coefficient (Wildman–Crippen LogP) is 3.36. The molecule has 1 N–H and O–H groups in total. The average Bonchev–Trinajstić information content (AvgIpc) is 2.40. The van der Waals surface area contributed by atoms with Crippen molar-refractivity contribution < 1.29 is 28.3 Å². The van der Waals surface area contributed by atoms with Gasteiger partial charge in [-0.15, -0.1) is 0 Å². The van der Waals surface area contributed by atoms with Gasteiger partial charge in [-0.05, 0) is 18.2 Å². The largest absolute Gasteiger partial charge is 0.478 e. The molecule has 0 aliphatic rings. The van der Waals surface area contributed by atoms with E-state index in [1.807, 2.05) is 0 Å². The van der Waals surface area contributed by atoms with Crippen LogP contribution in [0.2, 0.25) is 0 Å². The van der Waals surface area contributed by atoms with Gasteiger partial charge in [-0.2, -0.15) is 0 Å². The second-order valence-corrected chi connectivity index (χ2v) is 3.92. The Bertz CT molecular complexity index is 732. The Kier molecular flexibility index (Phi) is 3.79. The number of carboxylic acid groups (broad SMARTS) is 1. The summed E-state index contributed by atoms with van der Waals surface area (Å²) >= 11 is 0. The zero-order valence-corrected chi connectivity index (χ0v) is 10.2. The molecule has 8 heteroatoms. The molecule has 0 saturated carbocycles. The summed E-state index contributed by atoms with van der Waals surface area (Å²) in [5.74, 6) is -4.07. The molecule has 0 bridgehead atoms. The van der Waals surface area contributed by atoms with Gasteiger partial charge in [-0.3, -0.25) is 10.1 Å². The van der Waals surface area contributed by atoms with Crippen LogP contribution in [0.15, 0.2) is 36.4 Å². The normalized spacial score (nSPS) is 10.2. The highest BCUT2D eigenvalue weighted by Gasteiger charge is 2.17. The molecule has 0 fully saturated rings. The second-order valence-electron chi connectivity index (χ2n) is 3.92.